The zero-order valence-corrected chi connectivity index (χ0v) is 23.9. The summed E-state index contributed by atoms with van der Waals surface area (Å²) in [5.41, 5.74) is 5.53. The summed E-state index contributed by atoms with van der Waals surface area (Å²) in [6.45, 7) is 15.5. The van der Waals surface area contributed by atoms with Crippen LogP contribution in [0.3, 0.4) is 0 Å². The highest BCUT2D eigenvalue weighted by molar-refractivity contribution is 5.91. The summed E-state index contributed by atoms with van der Waals surface area (Å²) in [4.78, 5) is 17.9. The van der Waals surface area contributed by atoms with Gasteiger partial charge in [0.1, 0.15) is 22.9 Å². The fourth-order valence-electron chi connectivity index (χ4n) is 5.22. The minimum atomic E-state index is -0.362. The molecule has 0 aliphatic carbocycles. The number of carbonyl (C=O) groups is 1. The molecule has 4 aromatic rings. The molecule has 2 aromatic heterocycles. The lowest BCUT2D eigenvalue weighted by Crippen LogP contribution is -2.36. The molecule has 5 heteroatoms. The van der Waals surface area contributed by atoms with Crippen molar-refractivity contribution in [1.29, 1.82) is 0 Å². The zero-order chi connectivity index (χ0) is 27.5. The lowest BCUT2D eigenvalue weighted by molar-refractivity contribution is 0.0735. The summed E-state index contributed by atoms with van der Waals surface area (Å²) in [5, 5.41) is 3.78. The predicted octanol–water partition coefficient (Wildman–Crippen LogP) is 8.50. The molecule has 4 rings (SSSR count). The third-order valence-electron chi connectivity index (χ3n) is 6.54. The highest BCUT2D eigenvalue weighted by Gasteiger charge is 2.28. The minimum absolute atomic E-state index is 0.163. The first-order valence-electron chi connectivity index (χ1n) is 13.6. The smallest absolute Gasteiger partial charge is 0.343 e. The van der Waals surface area contributed by atoms with E-state index in [2.05, 4.69) is 76.5 Å². The van der Waals surface area contributed by atoms with E-state index in [4.69, 9.17) is 9.72 Å². The number of anilines is 1. The molecule has 0 spiro atoms. The van der Waals surface area contributed by atoms with E-state index in [1.807, 2.05) is 48.5 Å². The van der Waals surface area contributed by atoms with E-state index in [0.717, 1.165) is 54.0 Å². The van der Waals surface area contributed by atoms with Gasteiger partial charge in [0.05, 0.1) is 5.56 Å². The number of benzene rings is 2. The van der Waals surface area contributed by atoms with Gasteiger partial charge in [0.25, 0.3) is 0 Å². The third-order valence-corrected chi connectivity index (χ3v) is 6.54. The van der Waals surface area contributed by atoms with Crippen molar-refractivity contribution in [2.75, 3.05) is 5.32 Å². The highest BCUT2D eigenvalue weighted by atomic mass is 16.5. The Morgan fingerprint density at radius 2 is 1.74 bits per heavy atom. The number of esters is 1. The lowest BCUT2D eigenvalue weighted by atomic mass is 9.82. The van der Waals surface area contributed by atoms with Gasteiger partial charge in [-0.1, -0.05) is 58.4 Å². The molecule has 0 amide bonds. The van der Waals surface area contributed by atoms with Crippen molar-refractivity contribution < 1.29 is 9.53 Å². The van der Waals surface area contributed by atoms with Crippen molar-refractivity contribution >= 4 is 17.4 Å². The topological polar surface area (TPSA) is 55.6 Å². The minimum Gasteiger partial charge on any atom is -0.423 e. The average molecular weight is 512 g/mol. The van der Waals surface area contributed by atoms with Gasteiger partial charge in [0.2, 0.25) is 0 Å². The monoisotopic (exact) mass is 511 g/mol. The molecule has 5 nitrogen and oxygen atoms in total. The molecular weight excluding hydrogens is 470 g/mol. The molecule has 0 bridgehead atoms. The van der Waals surface area contributed by atoms with E-state index >= 15 is 0 Å². The van der Waals surface area contributed by atoms with Gasteiger partial charge in [-0.2, -0.15) is 0 Å². The number of hydrogen-bond acceptors (Lipinski definition) is 4. The van der Waals surface area contributed by atoms with Gasteiger partial charge in [0.15, 0.2) is 0 Å². The Bertz CT molecular complexity index is 1410. The van der Waals surface area contributed by atoms with E-state index in [1.165, 1.54) is 5.56 Å². The van der Waals surface area contributed by atoms with E-state index in [1.54, 1.807) is 0 Å². The number of carbonyl (C=O) groups excluding carboxylic acids is 1. The van der Waals surface area contributed by atoms with Crippen LogP contribution < -0.4 is 10.1 Å². The molecule has 0 atom stereocenters. The van der Waals surface area contributed by atoms with Crippen molar-refractivity contribution in [2.24, 2.45) is 5.41 Å². The second-order valence-electron chi connectivity index (χ2n) is 12.2. The van der Waals surface area contributed by atoms with Gasteiger partial charge in [0, 0.05) is 17.3 Å². The number of nitrogens with zero attached hydrogens (tertiary/aromatic N) is 2. The number of rotatable bonds is 9. The number of nitrogens with one attached hydrogen (secondary N) is 1. The molecular formula is C33H41N3O2. The number of pyridine rings is 1. The van der Waals surface area contributed by atoms with E-state index in [0.29, 0.717) is 11.3 Å². The van der Waals surface area contributed by atoms with Crippen LogP contribution >= 0.6 is 0 Å². The van der Waals surface area contributed by atoms with E-state index < -0.39 is 0 Å². The molecule has 0 saturated carbocycles. The van der Waals surface area contributed by atoms with Crippen LogP contribution in [0, 0.1) is 12.3 Å². The fourth-order valence-corrected chi connectivity index (χ4v) is 5.22. The first-order valence-corrected chi connectivity index (χ1v) is 13.6. The molecule has 1 N–H and O–H groups in total. The summed E-state index contributed by atoms with van der Waals surface area (Å²) in [6, 6.07) is 19.5. The van der Waals surface area contributed by atoms with Crippen LogP contribution in [0.2, 0.25) is 0 Å². The van der Waals surface area contributed by atoms with Gasteiger partial charge in [-0.15, -0.1) is 0 Å². The maximum Gasteiger partial charge on any atom is 0.343 e. The summed E-state index contributed by atoms with van der Waals surface area (Å²) in [5.74, 6) is 1.07. The summed E-state index contributed by atoms with van der Waals surface area (Å²) in [7, 11) is 0. The molecule has 0 fully saturated rings. The number of imidazole rings is 1. The Hall–Kier alpha value is -3.60. The molecule has 0 aliphatic rings. The van der Waals surface area contributed by atoms with Crippen LogP contribution in [-0.4, -0.2) is 20.9 Å². The molecule has 38 heavy (non-hydrogen) atoms. The summed E-state index contributed by atoms with van der Waals surface area (Å²) < 4.78 is 7.89. The predicted molar refractivity (Wildman–Crippen MR) is 157 cm³/mol. The van der Waals surface area contributed by atoms with Gasteiger partial charge >= 0.3 is 5.97 Å². The number of aryl methyl sites for hydroxylation is 2. The Morgan fingerprint density at radius 3 is 2.42 bits per heavy atom. The normalized spacial score (nSPS) is 12.1. The molecule has 0 saturated heterocycles. The summed E-state index contributed by atoms with van der Waals surface area (Å²) >= 11 is 0. The fraction of sp³-hybridized carbons (Fsp3) is 0.394. The Balaban J connectivity index is 1.64. The first kappa shape index (κ1) is 27.4. The second-order valence-corrected chi connectivity index (χ2v) is 12.2. The van der Waals surface area contributed by atoms with Crippen molar-refractivity contribution in [3.05, 3.63) is 83.6 Å². The van der Waals surface area contributed by atoms with Gasteiger partial charge < -0.3 is 10.1 Å². The van der Waals surface area contributed by atoms with Crippen LogP contribution in [0.5, 0.6) is 5.75 Å². The van der Waals surface area contributed by atoms with E-state index in [9.17, 15) is 4.79 Å². The molecule has 0 radical (unpaired) electrons. The van der Waals surface area contributed by atoms with Crippen LogP contribution in [0.1, 0.15) is 82.3 Å². The number of fused-ring (bicyclic) bond motifs is 1. The maximum absolute atomic E-state index is 12.9. The van der Waals surface area contributed by atoms with Crippen LogP contribution in [0.4, 0.5) is 5.82 Å². The van der Waals surface area contributed by atoms with Crippen molar-refractivity contribution in [2.45, 2.75) is 79.7 Å². The lowest BCUT2D eigenvalue weighted by Gasteiger charge is -2.34. The Labute approximate surface area is 227 Å². The number of ether oxygens (including phenoxy) is 1. The standard InChI is InChI=1S/C33H41N3O2/c1-8-9-11-24-14-16-25(17-15-24)31(37)38-27-13-10-12-26(21-27)29-30(35-33(6,7)22-32(3,4)5)36-19-18-23(2)20-28(36)34-29/h10,12-21,35H,8-9,11,22H2,1-7H3. The number of hydrogen-bond donors (Lipinski definition) is 1. The van der Waals surface area contributed by atoms with Crippen molar-refractivity contribution in [3.63, 3.8) is 0 Å². The average Bonchev–Trinajstić information content (AvgIpc) is 3.18. The molecule has 2 aromatic carbocycles. The van der Waals surface area contributed by atoms with Crippen LogP contribution in [-0.2, 0) is 6.42 Å². The third kappa shape index (κ3) is 6.83. The highest BCUT2D eigenvalue weighted by Crippen LogP contribution is 2.36. The second kappa shape index (κ2) is 11.0. The summed E-state index contributed by atoms with van der Waals surface area (Å²) in [6.07, 6.45) is 6.36. The number of aromatic nitrogens is 2. The van der Waals surface area contributed by atoms with Crippen molar-refractivity contribution in [1.82, 2.24) is 9.38 Å². The number of unbranched alkanes of at least 4 members (excludes halogenated alkanes) is 1. The molecule has 2 heterocycles. The first-order chi connectivity index (χ1) is 17.9. The molecule has 0 aliphatic heterocycles. The van der Waals surface area contributed by atoms with Crippen molar-refractivity contribution in [3.8, 4) is 17.0 Å². The Kier molecular flexibility index (Phi) is 7.96. The maximum atomic E-state index is 12.9. The largest absolute Gasteiger partial charge is 0.423 e. The quantitative estimate of drug-likeness (QED) is 0.181. The van der Waals surface area contributed by atoms with Crippen LogP contribution in [0.25, 0.3) is 16.9 Å². The Morgan fingerprint density at radius 1 is 1.00 bits per heavy atom. The molecule has 0 unspecified atom stereocenters. The molecule has 200 valence electrons. The van der Waals surface area contributed by atoms with E-state index in [-0.39, 0.29) is 16.9 Å². The van der Waals surface area contributed by atoms with Gasteiger partial charge in [-0.3, -0.25) is 4.40 Å². The van der Waals surface area contributed by atoms with Crippen LogP contribution in [0.15, 0.2) is 66.9 Å². The van der Waals surface area contributed by atoms with Gasteiger partial charge in [-0.05, 0) is 93.0 Å². The SMILES string of the molecule is CCCCc1ccc(C(=O)Oc2cccc(-c3nc4cc(C)ccn4c3NC(C)(C)CC(C)(C)C)c2)cc1. The van der Waals surface area contributed by atoms with Gasteiger partial charge in [-0.25, -0.2) is 9.78 Å². The zero-order valence-electron chi connectivity index (χ0n) is 23.9.